The first-order valence-electron chi connectivity index (χ1n) is 9.83. The maximum absolute atomic E-state index is 12.9. The molecule has 162 valence electrons. The van der Waals surface area contributed by atoms with Crippen LogP contribution in [0.4, 0.5) is 5.82 Å². The number of ether oxygens (including phenoxy) is 1. The molecule has 2 aromatic carbocycles. The van der Waals surface area contributed by atoms with Crippen molar-refractivity contribution in [2.24, 2.45) is 0 Å². The Bertz CT molecular complexity index is 1310. The van der Waals surface area contributed by atoms with Crippen LogP contribution in [0.3, 0.4) is 0 Å². The third-order valence-corrected chi connectivity index (χ3v) is 5.22. The SMILES string of the molecule is COc1ccccc1CCNC(=O)c1ccccc1-n1c(N)c2c(cc1=O)C(=O)NC2=O. The average Bonchev–Trinajstić information content (AvgIpc) is 3.07. The fourth-order valence-corrected chi connectivity index (χ4v) is 3.70. The third kappa shape index (κ3) is 3.60. The van der Waals surface area contributed by atoms with Gasteiger partial charge >= 0.3 is 0 Å². The summed E-state index contributed by atoms with van der Waals surface area (Å²) in [5, 5.41) is 4.95. The summed E-state index contributed by atoms with van der Waals surface area (Å²) in [5.41, 5.74) is 6.67. The molecule has 4 rings (SSSR count). The Labute approximate surface area is 182 Å². The minimum absolute atomic E-state index is 0.0764. The number of nitrogens with zero attached hydrogens (tertiary/aromatic N) is 1. The van der Waals surface area contributed by atoms with Gasteiger partial charge in [-0.25, -0.2) is 0 Å². The number of fused-ring (bicyclic) bond motifs is 1. The van der Waals surface area contributed by atoms with E-state index in [-0.39, 0.29) is 28.2 Å². The second kappa shape index (κ2) is 8.38. The van der Waals surface area contributed by atoms with Gasteiger partial charge in [0.1, 0.15) is 11.6 Å². The number of carbonyl (C=O) groups excluding carboxylic acids is 3. The lowest BCUT2D eigenvalue weighted by Gasteiger charge is -2.16. The van der Waals surface area contributed by atoms with Crippen LogP contribution in [0, 0.1) is 0 Å². The first-order valence-corrected chi connectivity index (χ1v) is 9.83. The van der Waals surface area contributed by atoms with Gasteiger partial charge < -0.3 is 15.8 Å². The molecule has 4 N–H and O–H groups in total. The van der Waals surface area contributed by atoms with E-state index in [4.69, 9.17) is 10.5 Å². The number of nitrogens with two attached hydrogens (primary N) is 1. The molecule has 0 atom stereocenters. The van der Waals surface area contributed by atoms with Gasteiger partial charge in [0.2, 0.25) is 0 Å². The lowest BCUT2D eigenvalue weighted by molar-refractivity contribution is 0.0878. The summed E-state index contributed by atoms with van der Waals surface area (Å²) in [5.74, 6) is -1.25. The standard InChI is InChI=1S/C23H20N4O5/c1-32-17-9-5-2-6-13(17)10-11-25-21(29)14-7-3-4-8-16(14)27-18(28)12-15-19(20(27)24)23(31)26-22(15)30/h2-9,12H,10-11,24H2,1H3,(H,25,29)(H,26,30,31). The highest BCUT2D eigenvalue weighted by atomic mass is 16.5. The van der Waals surface area contributed by atoms with Gasteiger partial charge in [0.25, 0.3) is 23.3 Å². The Kier molecular flexibility index (Phi) is 5.46. The second-order valence-corrected chi connectivity index (χ2v) is 7.11. The van der Waals surface area contributed by atoms with Crippen LogP contribution in [0.25, 0.3) is 5.69 Å². The summed E-state index contributed by atoms with van der Waals surface area (Å²) in [4.78, 5) is 49.7. The van der Waals surface area contributed by atoms with Gasteiger partial charge in [0.05, 0.1) is 29.5 Å². The molecule has 9 nitrogen and oxygen atoms in total. The quantitative estimate of drug-likeness (QED) is 0.503. The van der Waals surface area contributed by atoms with Crippen molar-refractivity contribution in [1.29, 1.82) is 0 Å². The van der Waals surface area contributed by atoms with Crippen LogP contribution in [0.15, 0.2) is 59.4 Å². The fourth-order valence-electron chi connectivity index (χ4n) is 3.70. The van der Waals surface area contributed by atoms with E-state index in [0.29, 0.717) is 13.0 Å². The van der Waals surface area contributed by atoms with Crippen molar-refractivity contribution < 1.29 is 19.1 Å². The molecule has 1 aromatic heterocycles. The Morgan fingerprint density at radius 3 is 2.56 bits per heavy atom. The molecule has 9 heteroatoms. The van der Waals surface area contributed by atoms with E-state index in [9.17, 15) is 19.2 Å². The van der Waals surface area contributed by atoms with Crippen LogP contribution in [0.1, 0.15) is 36.6 Å². The Balaban J connectivity index is 1.64. The summed E-state index contributed by atoms with van der Waals surface area (Å²) >= 11 is 0. The first-order chi connectivity index (χ1) is 15.4. The highest BCUT2D eigenvalue weighted by molar-refractivity contribution is 6.23. The number of para-hydroxylation sites is 2. The number of benzene rings is 2. The third-order valence-electron chi connectivity index (χ3n) is 5.22. The van der Waals surface area contributed by atoms with E-state index in [1.807, 2.05) is 24.3 Å². The van der Waals surface area contributed by atoms with Gasteiger partial charge in [0.15, 0.2) is 0 Å². The number of rotatable bonds is 6. The van der Waals surface area contributed by atoms with E-state index in [0.717, 1.165) is 21.9 Å². The van der Waals surface area contributed by atoms with Crippen molar-refractivity contribution in [2.45, 2.75) is 6.42 Å². The smallest absolute Gasteiger partial charge is 0.262 e. The Hall–Kier alpha value is -4.40. The summed E-state index contributed by atoms with van der Waals surface area (Å²) in [6, 6.07) is 15.0. The molecule has 0 fully saturated rings. The second-order valence-electron chi connectivity index (χ2n) is 7.11. The van der Waals surface area contributed by atoms with Crippen LogP contribution in [0.2, 0.25) is 0 Å². The van der Waals surface area contributed by atoms with Gasteiger partial charge in [-0.2, -0.15) is 0 Å². The largest absolute Gasteiger partial charge is 0.496 e. The molecule has 3 aromatic rings. The number of pyridine rings is 1. The highest BCUT2D eigenvalue weighted by Crippen LogP contribution is 2.24. The average molecular weight is 432 g/mol. The van der Waals surface area contributed by atoms with E-state index in [1.54, 1.807) is 31.4 Å². The Morgan fingerprint density at radius 1 is 1.06 bits per heavy atom. The number of nitrogen functional groups attached to an aromatic ring is 1. The summed E-state index contributed by atoms with van der Waals surface area (Å²) < 4.78 is 6.38. The molecule has 0 unspecified atom stereocenters. The summed E-state index contributed by atoms with van der Waals surface area (Å²) in [6.07, 6.45) is 0.543. The molecule has 0 saturated heterocycles. The summed E-state index contributed by atoms with van der Waals surface area (Å²) in [6.45, 7) is 0.332. The van der Waals surface area contributed by atoms with Gasteiger partial charge in [-0.15, -0.1) is 0 Å². The van der Waals surface area contributed by atoms with Crippen molar-refractivity contribution in [3.05, 3.63) is 87.2 Å². The number of methoxy groups -OCH3 is 1. The van der Waals surface area contributed by atoms with Crippen LogP contribution in [-0.2, 0) is 6.42 Å². The predicted octanol–water partition coefficient (Wildman–Crippen LogP) is 1.28. The molecule has 0 bridgehead atoms. The van der Waals surface area contributed by atoms with E-state index in [2.05, 4.69) is 10.6 Å². The molecule has 0 saturated carbocycles. The fraction of sp³-hybridized carbons (Fsp3) is 0.130. The number of hydrogen-bond donors (Lipinski definition) is 3. The number of amides is 3. The van der Waals surface area contributed by atoms with Crippen molar-refractivity contribution >= 4 is 23.5 Å². The number of imide groups is 1. The van der Waals surface area contributed by atoms with Gasteiger partial charge in [-0.05, 0) is 30.2 Å². The zero-order chi connectivity index (χ0) is 22.8. The van der Waals surface area contributed by atoms with E-state index < -0.39 is 23.3 Å². The highest BCUT2D eigenvalue weighted by Gasteiger charge is 2.32. The van der Waals surface area contributed by atoms with E-state index in [1.165, 1.54) is 0 Å². The lowest BCUT2D eigenvalue weighted by atomic mass is 10.1. The molecule has 1 aliphatic heterocycles. The zero-order valence-corrected chi connectivity index (χ0v) is 17.2. The number of nitrogens with one attached hydrogen (secondary N) is 2. The Morgan fingerprint density at radius 2 is 1.78 bits per heavy atom. The van der Waals surface area contributed by atoms with Crippen molar-refractivity contribution in [1.82, 2.24) is 15.2 Å². The first kappa shape index (κ1) is 20.9. The van der Waals surface area contributed by atoms with Crippen LogP contribution >= 0.6 is 0 Å². The topological polar surface area (TPSA) is 133 Å². The predicted molar refractivity (Wildman–Crippen MR) is 117 cm³/mol. The molecule has 1 aliphatic rings. The maximum Gasteiger partial charge on any atom is 0.262 e. The van der Waals surface area contributed by atoms with Gasteiger partial charge in [-0.1, -0.05) is 30.3 Å². The molecule has 2 heterocycles. The molecule has 3 amide bonds. The van der Waals surface area contributed by atoms with Gasteiger partial charge in [-0.3, -0.25) is 29.1 Å². The molecule has 0 aliphatic carbocycles. The number of hydrogen-bond acceptors (Lipinski definition) is 6. The van der Waals surface area contributed by atoms with Crippen molar-refractivity contribution in [3.8, 4) is 11.4 Å². The van der Waals surface area contributed by atoms with Crippen LogP contribution in [-0.4, -0.2) is 35.9 Å². The number of anilines is 1. The molecule has 32 heavy (non-hydrogen) atoms. The minimum atomic E-state index is -0.685. The normalized spacial score (nSPS) is 12.3. The number of aromatic nitrogens is 1. The zero-order valence-electron chi connectivity index (χ0n) is 17.2. The minimum Gasteiger partial charge on any atom is -0.496 e. The maximum atomic E-state index is 12.9. The molecule has 0 spiro atoms. The van der Waals surface area contributed by atoms with Crippen molar-refractivity contribution in [2.75, 3.05) is 19.4 Å². The molecular formula is C23H20N4O5. The van der Waals surface area contributed by atoms with Crippen LogP contribution < -0.4 is 26.7 Å². The monoisotopic (exact) mass is 432 g/mol. The summed E-state index contributed by atoms with van der Waals surface area (Å²) in [7, 11) is 1.58. The molecular weight excluding hydrogens is 412 g/mol. The van der Waals surface area contributed by atoms with Crippen LogP contribution in [0.5, 0.6) is 5.75 Å². The number of carbonyl (C=O) groups is 3. The lowest BCUT2D eigenvalue weighted by Crippen LogP contribution is -2.30. The van der Waals surface area contributed by atoms with E-state index >= 15 is 0 Å². The van der Waals surface area contributed by atoms with Crippen molar-refractivity contribution in [3.63, 3.8) is 0 Å². The van der Waals surface area contributed by atoms with Gasteiger partial charge in [0, 0.05) is 12.6 Å². The molecule has 0 radical (unpaired) electrons.